The van der Waals surface area contributed by atoms with Crippen molar-refractivity contribution in [3.63, 3.8) is 0 Å². The van der Waals surface area contributed by atoms with E-state index in [2.05, 4.69) is 32.4 Å². The number of halogens is 1. The fourth-order valence-corrected chi connectivity index (χ4v) is 4.50. The normalized spacial score (nSPS) is 17.9. The minimum atomic E-state index is -0.373. The monoisotopic (exact) mass is 450 g/mol. The molecule has 1 amide bonds. The molecule has 4 heterocycles. The Balaban J connectivity index is 1.50. The number of fused-ring (bicyclic) bond motifs is 5. The molecule has 33 heavy (non-hydrogen) atoms. The Morgan fingerprint density at radius 1 is 1.15 bits per heavy atom. The average Bonchev–Trinajstić information content (AvgIpc) is 3.28. The lowest BCUT2D eigenvalue weighted by atomic mass is 9.88. The van der Waals surface area contributed by atoms with Gasteiger partial charge in [-0.15, -0.1) is 10.2 Å². The van der Waals surface area contributed by atoms with Crippen molar-refractivity contribution >= 4 is 11.7 Å². The van der Waals surface area contributed by atoms with Gasteiger partial charge < -0.3 is 19.5 Å². The predicted octanol–water partition coefficient (Wildman–Crippen LogP) is 3.71. The van der Waals surface area contributed by atoms with E-state index in [4.69, 9.17) is 4.74 Å². The van der Waals surface area contributed by atoms with Crippen LogP contribution in [0.2, 0.25) is 0 Å². The summed E-state index contributed by atoms with van der Waals surface area (Å²) in [5.41, 5.74) is 1.54. The number of hydrogen-bond acceptors (Lipinski definition) is 6. The highest BCUT2D eigenvalue weighted by molar-refractivity contribution is 6.06. The predicted molar refractivity (Wildman–Crippen MR) is 122 cm³/mol. The number of nitrogens with one attached hydrogen (secondary N) is 1. The third-order valence-corrected chi connectivity index (χ3v) is 6.39. The van der Waals surface area contributed by atoms with E-state index in [1.165, 1.54) is 6.07 Å². The van der Waals surface area contributed by atoms with Gasteiger partial charge in [0.15, 0.2) is 5.82 Å². The molecule has 2 bridgehead atoms. The second kappa shape index (κ2) is 9.27. The highest BCUT2D eigenvalue weighted by atomic mass is 19.1. The number of nitrogens with zero attached hydrogens (tertiary/aromatic N) is 5. The first-order chi connectivity index (χ1) is 16.1. The molecule has 1 aromatic carbocycles. The number of benzene rings is 1. The summed E-state index contributed by atoms with van der Waals surface area (Å²) < 4.78 is 22.9. The maximum atomic E-state index is 15.1. The van der Waals surface area contributed by atoms with Crippen LogP contribution in [-0.4, -0.2) is 57.3 Å². The van der Waals surface area contributed by atoms with Crippen LogP contribution in [-0.2, 0) is 6.54 Å². The van der Waals surface area contributed by atoms with Gasteiger partial charge in [-0.3, -0.25) is 4.79 Å². The molecule has 0 atom stereocenters. The molecule has 0 spiro atoms. The molecule has 172 valence electrons. The van der Waals surface area contributed by atoms with Crippen molar-refractivity contribution in [2.24, 2.45) is 0 Å². The van der Waals surface area contributed by atoms with Crippen molar-refractivity contribution in [1.29, 1.82) is 0 Å². The quantitative estimate of drug-likeness (QED) is 0.608. The summed E-state index contributed by atoms with van der Waals surface area (Å²) in [6, 6.07) is 8.41. The summed E-state index contributed by atoms with van der Waals surface area (Å²) in [6.07, 6.45) is 4.95. The molecule has 1 fully saturated rings. The lowest BCUT2D eigenvalue weighted by molar-refractivity contribution is 0.102. The van der Waals surface area contributed by atoms with E-state index in [1.54, 1.807) is 18.5 Å². The number of carbonyl (C=O) groups excluding carboxylic acids is 1. The molecule has 1 saturated heterocycles. The molecule has 0 unspecified atom stereocenters. The topological polar surface area (TPSA) is 85.2 Å². The largest absolute Gasteiger partial charge is 0.493 e. The second-order valence-corrected chi connectivity index (χ2v) is 8.71. The number of aryl methyl sites for hydroxylation is 1. The Morgan fingerprint density at radius 2 is 2.00 bits per heavy atom. The van der Waals surface area contributed by atoms with Gasteiger partial charge in [-0.1, -0.05) is 6.07 Å². The molecule has 5 rings (SSSR count). The van der Waals surface area contributed by atoms with E-state index in [0.29, 0.717) is 41.6 Å². The van der Waals surface area contributed by atoms with Crippen LogP contribution >= 0.6 is 0 Å². The highest BCUT2D eigenvalue weighted by Crippen LogP contribution is 2.34. The molecule has 0 radical (unpaired) electrons. The van der Waals surface area contributed by atoms with E-state index in [-0.39, 0.29) is 23.4 Å². The van der Waals surface area contributed by atoms with Crippen molar-refractivity contribution in [2.45, 2.75) is 38.1 Å². The van der Waals surface area contributed by atoms with E-state index < -0.39 is 0 Å². The van der Waals surface area contributed by atoms with E-state index in [1.807, 2.05) is 16.7 Å². The standard InChI is InChI=1S/C24H27FN6O2/c1-30-10-7-16(8-11-30)17-13-18-21(14-19(17)25)33-12-3-2-9-31-15-26-29-23(31)20-5-4-6-22(27-20)28-24(18)32/h4-6,13-16H,2-3,7-12H2,1H3,(H,27,28,32). The Kier molecular flexibility index (Phi) is 6.04. The summed E-state index contributed by atoms with van der Waals surface area (Å²) in [5.74, 6) is 0.699. The number of carbonyl (C=O) groups is 1. The van der Waals surface area contributed by atoms with Gasteiger partial charge in [-0.05, 0) is 75.5 Å². The van der Waals surface area contributed by atoms with Crippen LogP contribution in [0.5, 0.6) is 5.75 Å². The van der Waals surface area contributed by atoms with Crippen LogP contribution in [0.25, 0.3) is 11.5 Å². The maximum Gasteiger partial charge on any atom is 0.260 e. The van der Waals surface area contributed by atoms with Gasteiger partial charge in [0.05, 0.1) is 12.2 Å². The molecule has 3 aromatic rings. The molecule has 2 aliphatic heterocycles. The number of ether oxygens (including phenoxy) is 1. The summed E-state index contributed by atoms with van der Waals surface area (Å²) in [6.45, 7) is 2.91. The molecule has 2 aliphatic rings. The number of rotatable bonds is 1. The number of likely N-dealkylation sites (tertiary alicyclic amines) is 1. The van der Waals surface area contributed by atoms with Crippen molar-refractivity contribution in [3.05, 3.63) is 53.6 Å². The number of amides is 1. The van der Waals surface area contributed by atoms with Gasteiger partial charge in [-0.25, -0.2) is 9.37 Å². The number of piperidine rings is 1. The van der Waals surface area contributed by atoms with Crippen molar-refractivity contribution < 1.29 is 13.9 Å². The zero-order valence-electron chi connectivity index (χ0n) is 18.6. The number of hydrogen-bond donors (Lipinski definition) is 1. The number of pyridine rings is 1. The van der Waals surface area contributed by atoms with Gasteiger partial charge in [0.1, 0.15) is 29.4 Å². The minimum absolute atomic E-state index is 0.0835. The zero-order chi connectivity index (χ0) is 22.8. The third-order valence-electron chi connectivity index (χ3n) is 6.39. The summed E-state index contributed by atoms with van der Waals surface area (Å²) in [5, 5.41) is 11.1. The van der Waals surface area contributed by atoms with Crippen LogP contribution in [0.15, 0.2) is 36.7 Å². The first-order valence-corrected chi connectivity index (χ1v) is 11.4. The Bertz CT molecular complexity index is 1160. The highest BCUT2D eigenvalue weighted by Gasteiger charge is 2.25. The van der Waals surface area contributed by atoms with Gasteiger partial charge in [-0.2, -0.15) is 0 Å². The van der Waals surface area contributed by atoms with E-state index in [0.717, 1.165) is 38.8 Å². The fraction of sp³-hybridized carbons (Fsp3) is 0.417. The molecular formula is C24H27FN6O2. The third kappa shape index (κ3) is 4.59. The van der Waals surface area contributed by atoms with Crippen LogP contribution in [0.3, 0.4) is 0 Å². The lowest BCUT2D eigenvalue weighted by Gasteiger charge is -2.29. The van der Waals surface area contributed by atoms with Crippen LogP contribution < -0.4 is 10.1 Å². The van der Waals surface area contributed by atoms with E-state index in [9.17, 15) is 4.79 Å². The molecule has 2 aromatic heterocycles. The zero-order valence-corrected chi connectivity index (χ0v) is 18.6. The Hall–Kier alpha value is -3.33. The summed E-state index contributed by atoms with van der Waals surface area (Å²) in [4.78, 5) is 20.1. The molecule has 8 nitrogen and oxygen atoms in total. The molecule has 9 heteroatoms. The second-order valence-electron chi connectivity index (χ2n) is 8.71. The van der Waals surface area contributed by atoms with Gasteiger partial charge >= 0.3 is 0 Å². The SMILES string of the molecule is CN1CCC(c2cc3c(cc2F)OCCCCn2cnnc2-c2cccc(n2)NC3=O)CC1. The lowest BCUT2D eigenvalue weighted by Crippen LogP contribution is -2.29. The van der Waals surface area contributed by atoms with E-state index >= 15 is 4.39 Å². The molecular weight excluding hydrogens is 423 g/mol. The van der Waals surface area contributed by atoms with Crippen LogP contribution in [0, 0.1) is 5.82 Å². The molecule has 0 aliphatic carbocycles. The first kappa shape index (κ1) is 21.5. The van der Waals surface area contributed by atoms with Crippen molar-refractivity contribution in [3.8, 4) is 17.3 Å². The Labute approximate surface area is 191 Å². The number of anilines is 1. The smallest absolute Gasteiger partial charge is 0.260 e. The van der Waals surface area contributed by atoms with Gasteiger partial charge in [0.25, 0.3) is 5.91 Å². The molecule has 1 N–H and O–H groups in total. The van der Waals surface area contributed by atoms with Crippen molar-refractivity contribution in [2.75, 3.05) is 32.1 Å². The first-order valence-electron chi connectivity index (χ1n) is 11.4. The van der Waals surface area contributed by atoms with Gasteiger partial charge in [0, 0.05) is 12.6 Å². The Morgan fingerprint density at radius 3 is 2.85 bits per heavy atom. The summed E-state index contributed by atoms with van der Waals surface area (Å²) >= 11 is 0. The minimum Gasteiger partial charge on any atom is -0.493 e. The maximum absolute atomic E-state index is 15.1. The van der Waals surface area contributed by atoms with Crippen LogP contribution in [0.1, 0.15) is 47.5 Å². The fourth-order valence-electron chi connectivity index (χ4n) is 4.50. The number of aromatic nitrogens is 4. The van der Waals surface area contributed by atoms with Crippen LogP contribution in [0.4, 0.5) is 10.2 Å². The molecule has 0 saturated carbocycles. The van der Waals surface area contributed by atoms with Gasteiger partial charge in [0.2, 0.25) is 0 Å². The van der Waals surface area contributed by atoms with Crippen molar-refractivity contribution in [1.82, 2.24) is 24.6 Å². The summed E-state index contributed by atoms with van der Waals surface area (Å²) in [7, 11) is 2.07. The average molecular weight is 451 g/mol.